The summed E-state index contributed by atoms with van der Waals surface area (Å²) < 4.78 is 0. The van der Waals surface area contributed by atoms with E-state index in [1.54, 1.807) is 4.90 Å². The topological polar surface area (TPSA) is 199 Å². The number of nitrogens with two attached hydrogens (primary N) is 3. The van der Waals surface area contributed by atoms with Crippen molar-refractivity contribution in [1.29, 1.82) is 0 Å². The number of rotatable bonds is 7. The molecule has 7 atom stereocenters. The first-order valence-corrected chi connectivity index (χ1v) is 13.1. The van der Waals surface area contributed by atoms with Crippen molar-refractivity contribution in [2.75, 3.05) is 26.2 Å². The second-order valence-electron chi connectivity index (χ2n) is 11.5. The van der Waals surface area contributed by atoms with E-state index in [2.05, 4.69) is 14.6 Å². The standard InChI is InChI=1S/C23H33N6O6P/c24-16(30)10-4-28(5-11(10)17(25)31)20(34)22-1-2-23(8-22,9-22)21(35)29-6-12(18(26)32)13(7-29)19(33)27-14-3-15(14)36/h10-15H,1-9,36H2,(H2,24,30)(H2,25,31)(H2,26,32)(H,27,33)/t10-,11-,12-,13-,14+,15+,22?,23?/m1/s1. The predicted octanol–water partition coefficient (Wildman–Crippen LogP) is -2.72. The minimum Gasteiger partial charge on any atom is -0.369 e. The highest BCUT2D eigenvalue weighted by atomic mass is 31.0. The van der Waals surface area contributed by atoms with Crippen LogP contribution < -0.4 is 22.5 Å². The van der Waals surface area contributed by atoms with Gasteiger partial charge in [-0.05, 0) is 37.8 Å². The number of nitrogens with one attached hydrogen (secondary N) is 1. The van der Waals surface area contributed by atoms with E-state index in [0.717, 1.165) is 6.42 Å². The molecule has 0 aromatic carbocycles. The Morgan fingerprint density at radius 3 is 1.42 bits per heavy atom. The van der Waals surface area contributed by atoms with Crippen LogP contribution in [0.15, 0.2) is 0 Å². The molecule has 36 heavy (non-hydrogen) atoms. The lowest BCUT2D eigenvalue weighted by molar-refractivity contribution is -0.159. The Bertz CT molecular complexity index is 1040. The lowest BCUT2D eigenvalue weighted by Crippen LogP contribution is -2.55. The van der Waals surface area contributed by atoms with Crippen LogP contribution in [0.2, 0.25) is 0 Å². The Kier molecular flexibility index (Phi) is 5.81. The molecule has 1 unspecified atom stereocenters. The fourth-order valence-electron chi connectivity index (χ4n) is 7.00. The Hall–Kier alpha value is -2.75. The van der Waals surface area contributed by atoms with Crippen molar-refractivity contribution in [3.05, 3.63) is 0 Å². The van der Waals surface area contributed by atoms with Gasteiger partial charge in [0.25, 0.3) is 0 Å². The zero-order valence-electron chi connectivity index (χ0n) is 20.0. The van der Waals surface area contributed by atoms with Crippen LogP contribution in [0.5, 0.6) is 0 Å². The molecule has 13 heteroatoms. The van der Waals surface area contributed by atoms with E-state index in [1.165, 1.54) is 4.90 Å². The number of hydrogen-bond donors (Lipinski definition) is 4. The van der Waals surface area contributed by atoms with Crippen molar-refractivity contribution < 1.29 is 28.8 Å². The summed E-state index contributed by atoms with van der Waals surface area (Å²) in [7, 11) is 2.66. The molecule has 7 N–H and O–H groups in total. The van der Waals surface area contributed by atoms with E-state index in [4.69, 9.17) is 17.2 Å². The maximum atomic E-state index is 13.6. The van der Waals surface area contributed by atoms with Gasteiger partial charge in [0.05, 0.1) is 34.5 Å². The summed E-state index contributed by atoms with van der Waals surface area (Å²) in [5.74, 6) is -5.57. The number of carbonyl (C=O) groups excluding carboxylic acids is 6. The molecule has 0 radical (unpaired) electrons. The van der Waals surface area contributed by atoms with Crippen LogP contribution in [0.25, 0.3) is 0 Å². The normalized spacial score (nSPS) is 40.5. The van der Waals surface area contributed by atoms with Gasteiger partial charge in [0, 0.05) is 32.2 Å². The number of primary amides is 3. The molecule has 12 nitrogen and oxygen atoms in total. The first-order chi connectivity index (χ1) is 16.9. The number of amides is 6. The van der Waals surface area contributed by atoms with Crippen molar-refractivity contribution in [2.24, 2.45) is 51.7 Å². The van der Waals surface area contributed by atoms with Gasteiger partial charge >= 0.3 is 0 Å². The van der Waals surface area contributed by atoms with Crippen molar-refractivity contribution in [3.63, 3.8) is 0 Å². The molecule has 2 heterocycles. The van der Waals surface area contributed by atoms with Crippen molar-refractivity contribution in [2.45, 2.75) is 43.8 Å². The highest BCUT2D eigenvalue weighted by Crippen LogP contribution is 2.68. The van der Waals surface area contributed by atoms with Gasteiger partial charge < -0.3 is 32.3 Å². The summed E-state index contributed by atoms with van der Waals surface area (Å²) in [6, 6.07) is 0.0707. The number of hydrogen-bond acceptors (Lipinski definition) is 6. The summed E-state index contributed by atoms with van der Waals surface area (Å²) >= 11 is 0. The molecule has 2 aliphatic heterocycles. The van der Waals surface area contributed by atoms with Gasteiger partial charge in [0.15, 0.2) is 0 Å². The minimum absolute atomic E-state index is 0.0474. The van der Waals surface area contributed by atoms with E-state index >= 15 is 0 Å². The molecule has 196 valence electrons. The fourth-order valence-corrected chi connectivity index (χ4v) is 7.39. The molecule has 0 spiro atoms. The minimum atomic E-state index is -0.814. The van der Waals surface area contributed by atoms with Gasteiger partial charge in [-0.25, -0.2) is 0 Å². The van der Waals surface area contributed by atoms with Crippen molar-refractivity contribution in [3.8, 4) is 0 Å². The second kappa shape index (κ2) is 8.39. The maximum Gasteiger partial charge on any atom is 0.228 e. The monoisotopic (exact) mass is 520 g/mol. The Labute approximate surface area is 210 Å². The second-order valence-corrected chi connectivity index (χ2v) is 12.3. The number of likely N-dealkylation sites (tertiary alicyclic amines) is 2. The quantitative estimate of drug-likeness (QED) is 0.263. The van der Waals surface area contributed by atoms with E-state index in [9.17, 15) is 28.8 Å². The summed E-state index contributed by atoms with van der Waals surface area (Å²) in [4.78, 5) is 78.5. The van der Waals surface area contributed by atoms with Gasteiger partial charge in [-0.15, -0.1) is 9.24 Å². The smallest absolute Gasteiger partial charge is 0.228 e. The molecule has 0 aromatic rings. The molecule has 6 aliphatic rings. The highest BCUT2D eigenvalue weighted by molar-refractivity contribution is 7.18. The third kappa shape index (κ3) is 3.84. The van der Waals surface area contributed by atoms with E-state index in [0.29, 0.717) is 31.3 Å². The number of carbonyl (C=O) groups is 6. The Morgan fingerprint density at radius 2 is 1.06 bits per heavy atom. The third-order valence-electron chi connectivity index (χ3n) is 9.16. The predicted molar refractivity (Wildman–Crippen MR) is 128 cm³/mol. The molecular formula is C23H33N6O6P. The first-order valence-electron chi connectivity index (χ1n) is 12.4. The van der Waals surface area contributed by atoms with E-state index < -0.39 is 52.2 Å². The molecular weight excluding hydrogens is 487 g/mol. The average molecular weight is 521 g/mol. The summed E-state index contributed by atoms with van der Waals surface area (Å²) in [5.41, 5.74) is 15.3. The van der Waals surface area contributed by atoms with Crippen LogP contribution in [0.3, 0.4) is 0 Å². The molecule has 4 saturated carbocycles. The fraction of sp³-hybridized carbons (Fsp3) is 0.739. The lowest BCUT2D eigenvalue weighted by atomic mass is 9.59. The van der Waals surface area contributed by atoms with Gasteiger partial charge in [-0.3, -0.25) is 28.8 Å². The third-order valence-corrected chi connectivity index (χ3v) is 9.89. The molecule has 4 aliphatic carbocycles. The SMILES string of the molecule is NC(=O)[C@@H]1CN(C(=O)C23CCC(C(=O)N4C[C@@H](C(N)=O)[C@H](C(=O)N[C@H]5C[C@@H]5P)C4)(C2)C3)C[C@H]1C(N)=O. The molecule has 6 fully saturated rings. The molecule has 0 aromatic heterocycles. The zero-order chi connectivity index (χ0) is 26.2. The van der Waals surface area contributed by atoms with Gasteiger partial charge in [0.2, 0.25) is 35.4 Å². The lowest BCUT2D eigenvalue weighted by Gasteiger charge is -2.47. The highest BCUT2D eigenvalue weighted by Gasteiger charge is 2.69. The number of fused-ring (bicyclic) bond motifs is 1. The maximum absolute atomic E-state index is 13.6. The van der Waals surface area contributed by atoms with Crippen LogP contribution in [-0.4, -0.2) is 83.1 Å². The van der Waals surface area contributed by atoms with E-state index in [1.807, 2.05) is 0 Å². The van der Waals surface area contributed by atoms with Gasteiger partial charge in [0.1, 0.15) is 0 Å². The van der Waals surface area contributed by atoms with Gasteiger partial charge in [-0.2, -0.15) is 0 Å². The Balaban J connectivity index is 1.24. The largest absolute Gasteiger partial charge is 0.369 e. The molecule has 2 saturated heterocycles. The van der Waals surface area contributed by atoms with Crippen LogP contribution in [0, 0.1) is 34.5 Å². The zero-order valence-corrected chi connectivity index (χ0v) is 21.1. The van der Waals surface area contributed by atoms with Gasteiger partial charge in [-0.1, -0.05) is 0 Å². The van der Waals surface area contributed by atoms with Crippen LogP contribution >= 0.6 is 9.24 Å². The van der Waals surface area contributed by atoms with Crippen LogP contribution in [0.4, 0.5) is 0 Å². The van der Waals surface area contributed by atoms with Crippen LogP contribution in [0.1, 0.15) is 32.1 Å². The van der Waals surface area contributed by atoms with Crippen LogP contribution in [-0.2, 0) is 28.8 Å². The number of nitrogens with zero attached hydrogens (tertiary/aromatic N) is 2. The average Bonchev–Trinajstić information content (AvgIpc) is 3.32. The molecule has 6 rings (SSSR count). The molecule has 2 bridgehead atoms. The summed E-state index contributed by atoms with van der Waals surface area (Å²) in [6.07, 6.45) is 2.63. The van der Waals surface area contributed by atoms with Crippen molar-refractivity contribution in [1.82, 2.24) is 15.1 Å². The Morgan fingerprint density at radius 1 is 0.694 bits per heavy atom. The summed E-state index contributed by atoms with van der Waals surface area (Å²) in [6.45, 7) is 0.316. The van der Waals surface area contributed by atoms with E-state index in [-0.39, 0.29) is 49.9 Å². The summed E-state index contributed by atoms with van der Waals surface area (Å²) in [5, 5.41) is 2.93. The first kappa shape index (κ1) is 24.9. The van der Waals surface area contributed by atoms with Crippen molar-refractivity contribution >= 4 is 44.7 Å². The molecule has 6 amide bonds.